The number of methoxy groups -OCH3 is 1. The van der Waals surface area contributed by atoms with Crippen molar-refractivity contribution >= 4 is 5.97 Å². The fourth-order valence-corrected chi connectivity index (χ4v) is 2.21. The van der Waals surface area contributed by atoms with E-state index < -0.39 is 6.10 Å². The monoisotopic (exact) mass is 186 g/mol. The van der Waals surface area contributed by atoms with Crippen LogP contribution in [0.3, 0.4) is 0 Å². The van der Waals surface area contributed by atoms with E-state index in [0.29, 0.717) is 6.42 Å². The Morgan fingerprint density at radius 1 is 1.54 bits per heavy atom. The Balaban J connectivity index is 2.80. The summed E-state index contributed by atoms with van der Waals surface area (Å²) in [7, 11) is 1.37. The third-order valence-corrected chi connectivity index (χ3v) is 3.00. The molecular formula is C10H18O3. The molecule has 0 heterocycles. The van der Waals surface area contributed by atoms with Gasteiger partial charge in [-0.25, -0.2) is 0 Å². The number of rotatable bonds is 1. The summed E-state index contributed by atoms with van der Waals surface area (Å²) in [6, 6.07) is 0. The van der Waals surface area contributed by atoms with Crippen molar-refractivity contribution in [3.05, 3.63) is 0 Å². The Morgan fingerprint density at radius 2 is 2.15 bits per heavy atom. The van der Waals surface area contributed by atoms with E-state index in [2.05, 4.69) is 0 Å². The number of esters is 1. The molecule has 1 N–H and O–H groups in total. The summed E-state index contributed by atoms with van der Waals surface area (Å²) >= 11 is 0. The molecule has 0 spiro atoms. The van der Waals surface area contributed by atoms with Gasteiger partial charge in [0.1, 0.15) is 0 Å². The normalized spacial score (nSPS) is 32.6. The van der Waals surface area contributed by atoms with Crippen LogP contribution in [-0.2, 0) is 9.53 Å². The molecule has 3 heteroatoms. The van der Waals surface area contributed by atoms with Crippen LogP contribution in [0.15, 0.2) is 0 Å². The molecule has 1 saturated carbocycles. The van der Waals surface area contributed by atoms with Gasteiger partial charge in [-0.05, 0) is 18.3 Å². The van der Waals surface area contributed by atoms with Gasteiger partial charge in [0.15, 0.2) is 0 Å². The molecule has 0 radical (unpaired) electrons. The molecular weight excluding hydrogens is 168 g/mol. The van der Waals surface area contributed by atoms with Crippen LogP contribution in [0, 0.1) is 11.3 Å². The molecule has 0 unspecified atom stereocenters. The molecule has 0 bridgehead atoms. The van der Waals surface area contributed by atoms with E-state index in [1.54, 1.807) is 0 Å². The number of aliphatic hydroxyl groups excluding tert-OH is 1. The second kappa shape index (κ2) is 3.66. The van der Waals surface area contributed by atoms with Crippen molar-refractivity contribution in [3.63, 3.8) is 0 Å². The van der Waals surface area contributed by atoms with Gasteiger partial charge in [0, 0.05) is 0 Å². The summed E-state index contributed by atoms with van der Waals surface area (Å²) in [5, 5.41) is 9.71. The molecule has 0 aromatic heterocycles. The molecule has 3 nitrogen and oxygen atoms in total. The second-order valence-electron chi connectivity index (χ2n) is 4.45. The van der Waals surface area contributed by atoms with Crippen LogP contribution < -0.4 is 0 Å². The number of carbonyl (C=O) groups is 1. The maximum absolute atomic E-state index is 11.4. The minimum absolute atomic E-state index is 0.134. The second-order valence-corrected chi connectivity index (χ2v) is 4.45. The van der Waals surface area contributed by atoms with Crippen molar-refractivity contribution in [3.8, 4) is 0 Å². The minimum Gasteiger partial charge on any atom is -0.469 e. The average molecular weight is 186 g/mol. The van der Waals surface area contributed by atoms with Crippen molar-refractivity contribution < 1.29 is 14.6 Å². The Kier molecular flexibility index (Phi) is 2.96. The maximum atomic E-state index is 11.4. The lowest BCUT2D eigenvalue weighted by Crippen LogP contribution is -2.43. The predicted octanol–water partition coefficient (Wildman–Crippen LogP) is 1.35. The lowest BCUT2D eigenvalue weighted by Gasteiger charge is -2.39. The Hall–Kier alpha value is -0.570. The number of carbonyl (C=O) groups excluding carboxylic acids is 1. The molecule has 76 valence electrons. The number of hydrogen-bond acceptors (Lipinski definition) is 3. The van der Waals surface area contributed by atoms with Crippen LogP contribution >= 0.6 is 0 Å². The summed E-state index contributed by atoms with van der Waals surface area (Å²) in [6.07, 6.45) is 2.14. The highest BCUT2D eigenvalue weighted by Crippen LogP contribution is 2.41. The van der Waals surface area contributed by atoms with Crippen LogP contribution in [0.4, 0.5) is 0 Å². The van der Waals surface area contributed by atoms with Crippen molar-refractivity contribution in [2.24, 2.45) is 11.3 Å². The van der Waals surface area contributed by atoms with Crippen molar-refractivity contribution in [2.45, 2.75) is 39.2 Å². The van der Waals surface area contributed by atoms with E-state index in [1.807, 2.05) is 13.8 Å². The standard InChI is InChI=1S/C10H18O3/c1-10(2)6-4-5-7(11)8(10)9(12)13-3/h7-8,11H,4-6H2,1-3H3/t7-,8-/m1/s1. The largest absolute Gasteiger partial charge is 0.469 e. The minimum atomic E-state index is -0.531. The van der Waals surface area contributed by atoms with Gasteiger partial charge in [0.2, 0.25) is 0 Å². The van der Waals surface area contributed by atoms with Gasteiger partial charge in [0.25, 0.3) is 0 Å². The van der Waals surface area contributed by atoms with Gasteiger partial charge in [-0.2, -0.15) is 0 Å². The summed E-state index contributed by atoms with van der Waals surface area (Å²) in [5.41, 5.74) is -0.134. The highest BCUT2D eigenvalue weighted by molar-refractivity contribution is 5.74. The van der Waals surface area contributed by atoms with Gasteiger partial charge in [-0.3, -0.25) is 4.79 Å². The molecule has 0 amide bonds. The first kappa shape index (κ1) is 10.5. The third kappa shape index (κ3) is 2.02. The Bertz CT molecular complexity index is 198. The molecule has 2 atom stereocenters. The number of ether oxygens (including phenoxy) is 1. The first-order valence-electron chi connectivity index (χ1n) is 4.75. The molecule has 0 aliphatic heterocycles. The quantitative estimate of drug-likeness (QED) is 0.629. The van der Waals surface area contributed by atoms with Gasteiger partial charge in [-0.15, -0.1) is 0 Å². The van der Waals surface area contributed by atoms with Crippen molar-refractivity contribution in [2.75, 3.05) is 7.11 Å². The van der Waals surface area contributed by atoms with Crippen LogP contribution in [0.5, 0.6) is 0 Å². The van der Waals surface area contributed by atoms with E-state index in [0.717, 1.165) is 12.8 Å². The molecule has 0 saturated heterocycles. The van der Waals surface area contributed by atoms with E-state index in [9.17, 15) is 9.90 Å². The smallest absolute Gasteiger partial charge is 0.311 e. The predicted molar refractivity (Wildman–Crippen MR) is 49.1 cm³/mol. The lowest BCUT2D eigenvalue weighted by atomic mass is 9.67. The fraction of sp³-hybridized carbons (Fsp3) is 0.900. The zero-order chi connectivity index (χ0) is 10.1. The van der Waals surface area contributed by atoms with Crippen LogP contribution in [0.1, 0.15) is 33.1 Å². The molecule has 1 aliphatic carbocycles. The lowest BCUT2D eigenvalue weighted by molar-refractivity contribution is -0.158. The molecule has 13 heavy (non-hydrogen) atoms. The van der Waals surface area contributed by atoms with Crippen molar-refractivity contribution in [1.82, 2.24) is 0 Å². The van der Waals surface area contributed by atoms with Crippen LogP contribution in [0.2, 0.25) is 0 Å². The highest BCUT2D eigenvalue weighted by Gasteiger charge is 2.43. The topological polar surface area (TPSA) is 46.5 Å². The van der Waals surface area contributed by atoms with Crippen LogP contribution in [0.25, 0.3) is 0 Å². The van der Waals surface area contributed by atoms with Gasteiger partial charge < -0.3 is 9.84 Å². The first-order chi connectivity index (χ1) is 5.99. The van der Waals surface area contributed by atoms with E-state index in [-0.39, 0.29) is 17.3 Å². The molecule has 1 fully saturated rings. The van der Waals surface area contributed by atoms with Crippen molar-refractivity contribution in [1.29, 1.82) is 0 Å². The first-order valence-corrected chi connectivity index (χ1v) is 4.75. The van der Waals surface area contributed by atoms with Gasteiger partial charge in [0.05, 0.1) is 19.1 Å². The summed E-state index contributed by atoms with van der Waals surface area (Å²) in [4.78, 5) is 11.4. The van der Waals surface area contributed by atoms with Gasteiger partial charge in [-0.1, -0.05) is 20.3 Å². The fourth-order valence-electron chi connectivity index (χ4n) is 2.21. The zero-order valence-electron chi connectivity index (χ0n) is 8.54. The Morgan fingerprint density at radius 3 is 2.62 bits per heavy atom. The zero-order valence-corrected chi connectivity index (χ0v) is 8.54. The molecule has 1 aliphatic rings. The summed E-state index contributed by atoms with van der Waals surface area (Å²) in [5.74, 6) is -0.636. The molecule has 1 rings (SSSR count). The Labute approximate surface area is 79.1 Å². The number of aliphatic hydroxyl groups is 1. The van der Waals surface area contributed by atoms with E-state index >= 15 is 0 Å². The van der Waals surface area contributed by atoms with Gasteiger partial charge >= 0.3 is 5.97 Å². The number of hydrogen-bond donors (Lipinski definition) is 1. The van der Waals surface area contributed by atoms with E-state index in [1.165, 1.54) is 7.11 Å². The highest BCUT2D eigenvalue weighted by atomic mass is 16.5. The maximum Gasteiger partial charge on any atom is 0.311 e. The SMILES string of the molecule is COC(=O)[C@H]1[C@H](O)CCCC1(C)C. The summed E-state index contributed by atoms with van der Waals surface area (Å²) in [6.45, 7) is 4.02. The third-order valence-electron chi connectivity index (χ3n) is 3.00. The van der Waals surface area contributed by atoms with Crippen LogP contribution in [-0.4, -0.2) is 24.3 Å². The summed E-state index contributed by atoms with van der Waals surface area (Å²) < 4.78 is 4.70. The van der Waals surface area contributed by atoms with E-state index in [4.69, 9.17) is 4.74 Å². The molecule has 0 aromatic carbocycles. The average Bonchev–Trinajstić information content (AvgIpc) is 2.02. The molecule has 0 aromatic rings.